The van der Waals surface area contributed by atoms with E-state index in [2.05, 4.69) is 25.5 Å². The topological polar surface area (TPSA) is 133 Å². The maximum absolute atomic E-state index is 13.8. The Hall–Kier alpha value is -3.47. The third-order valence-electron chi connectivity index (χ3n) is 3.23. The van der Waals surface area contributed by atoms with Gasteiger partial charge >= 0.3 is 0 Å². The number of carbonyl (C=O) groups is 1. The van der Waals surface area contributed by atoms with Crippen LogP contribution in [-0.2, 0) is 0 Å². The minimum atomic E-state index is -0.940. The summed E-state index contributed by atoms with van der Waals surface area (Å²) in [6.45, 7) is 0. The lowest BCUT2D eigenvalue weighted by Gasteiger charge is -2.09. The number of rotatable bonds is 5. The molecule has 0 bridgehead atoms. The zero-order valence-electron chi connectivity index (χ0n) is 13.0. The average Bonchev–Trinajstić information content (AvgIpc) is 3.32. The van der Waals surface area contributed by atoms with E-state index in [0.717, 1.165) is 12.1 Å². The van der Waals surface area contributed by atoms with Gasteiger partial charge in [0.2, 0.25) is 5.95 Å². The normalized spacial score (nSPS) is 11.8. The van der Waals surface area contributed by atoms with Gasteiger partial charge in [0.25, 0.3) is 5.91 Å². The summed E-state index contributed by atoms with van der Waals surface area (Å²) in [6.07, 6.45) is 3.89. The smallest absolute Gasteiger partial charge is 0.275 e. The molecule has 1 amide bonds. The fourth-order valence-electron chi connectivity index (χ4n) is 1.98. The van der Waals surface area contributed by atoms with Crippen molar-refractivity contribution in [3.8, 4) is 10.6 Å². The van der Waals surface area contributed by atoms with Crippen molar-refractivity contribution < 1.29 is 13.6 Å². The molecule has 3 aromatic rings. The molecular formula is C15H11F2N7OS. The van der Waals surface area contributed by atoms with E-state index < -0.39 is 23.4 Å². The molecule has 132 valence electrons. The molecule has 3 aromatic heterocycles. The summed E-state index contributed by atoms with van der Waals surface area (Å²) in [5.41, 5.74) is 5.42. The first-order valence-corrected chi connectivity index (χ1v) is 7.96. The number of nitrogens with two attached hydrogens (primary N) is 1. The SMILES string of the molecule is N=C/C(NC(=O)c1csc(-c2cn[nH]c2)n1)=C(\N)c1nc(F)ccc1F. The van der Waals surface area contributed by atoms with Crippen molar-refractivity contribution in [2.45, 2.75) is 0 Å². The quantitative estimate of drug-likeness (QED) is 0.399. The van der Waals surface area contributed by atoms with Crippen LogP contribution in [0.25, 0.3) is 16.3 Å². The predicted octanol–water partition coefficient (Wildman–Crippen LogP) is 1.91. The summed E-state index contributed by atoms with van der Waals surface area (Å²) in [7, 11) is 0. The Morgan fingerprint density at radius 1 is 1.35 bits per heavy atom. The number of hydrogen-bond acceptors (Lipinski definition) is 7. The molecule has 3 rings (SSSR count). The van der Waals surface area contributed by atoms with Crippen LogP contribution in [0.2, 0.25) is 0 Å². The highest BCUT2D eigenvalue weighted by Gasteiger charge is 2.17. The van der Waals surface area contributed by atoms with Gasteiger partial charge in [0.1, 0.15) is 16.4 Å². The second-order valence-corrected chi connectivity index (χ2v) is 5.77. The van der Waals surface area contributed by atoms with Gasteiger partial charge in [-0.05, 0) is 12.1 Å². The van der Waals surface area contributed by atoms with Crippen LogP contribution in [0.15, 0.2) is 35.6 Å². The summed E-state index contributed by atoms with van der Waals surface area (Å²) in [6, 6.07) is 1.69. The number of nitrogens with one attached hydrogen (secondary N) is 3. The van der Waals surface area contributed by atoms with E-state index in [-0.39, 0.29) is 17.1 Å². The van der Waals surface area contributed by atoms with E-state index in [1.54, 1.807) is 12.4 Å². The van der Waals surface area contributed by atoms with Gasteiger partial charge in [-0.25, -0.2) is 14.4 Å². The third-order valence-corrected chi connectivity index (χ3v) is 4.12. The van der Waals surface area contributed by atoms with Crippen LogP contribution in [0.4, 0.5) is 8.78 Å². The summed E-state index contributed by atoms with van der Waals surface area (Å²) in [5, 5.41) is 18.3. The van der Waals surface area contributed by atoms with Crippen molar-refractivity contribution in [2.75, 3.05) is 0 Å². The van der Waals surface area contributed by atoms with Crippen LogP contribution < -0.4 is 11.1 Å². The molecule has 0 saturated heterocycles. The Labute approximate surface area is 149 Å². The van der Waals surface area contributed by atoms with E-state index >= 15 is 0 Å². The van der Waals surface area contributed by atoms with E-state index in [0.29, 0.717) is 16.8 Å². The Kier molecular flexibility index (Phi) is 4.80. The highest BCUT2D eigenvalue weighted by molar-refractivity contribution is 7.13. The lowest BCUT2D eigenvalue weighted by Crippen LogP contribution is -2.27. The molecule has 0 saturated carbocycles. The molecule has 26 heavy (non-hydrogen) atoms. The van der Waals surface area contributed by atoms with Gasteiger partial charge in [-0.2, -0.15) is 9.49 Å². The van der Waals surface area contributed by atoms with Crippen LogP contribution in [0, 0.1) is 17.2 Å². The Morgan fingerprint density at radius 2 is 2.15 bits per heavy atom. The lowest BCUT2D eigenvalue weighted by atomic mass is 10.2. The first kappa shape index (κ1) is 17.4. The molecule has 8 nitrogen and oxygen atoms in total. The molecule has 0 atom stereocenters. The lowest BCUT2D eigenvalue weighted by molar-refractivity contribution is 0.0964. The number of aromatic amines is 1. The summed E-state index contributed by atoms with van der Waals surface area (Å²) >= 11 is 1.22. The molecule has 0 aromatic carbocycles. The van der Waals surface area contributed by atoms with Crippen LogP contribution in [0.5, 0.6) is 0 Å². The molecule has 0 unspecified atom stereocenters. The zero-order chi connectivity index (χ0) is 18.7. The number of hydrogen-bond donors (Lipinski definition) is 4. The fourth-order valence-corrected chi connectivity index (χ4v) is 2.76. The van der Waals surface area contributed by atoms with Gasteiger partial charge in [-0.1, -0.05) is 0 Å². The van der Waals surface area contributed by atoms with Crippen LogP contribution >= 0.6 is 11.3 Å². The number of nitrogens with zero attached hydrogens (tertiary/aromatic N) is 3. The van der Waals surface area contributed by atoms with Crippen molar-refractivity contribution in [1.82, 2.24) is 25.5 Å². The average molecular weight is 375 g/mol. The Balaban J connectivity index is 1.86. The highest BCUT2D eigenvalue weighted by atomic mass is 32.1. The van der Waals surface area contributed by atoms with Crippen LogP contribution in [0.1, 0.15) is 16.2 Å². The molecule has 11 heteroatoms. The van der Waals surface area contributed by atoms with Gasteiger partial charge in [-0.3, -0.25) is 9.89 Å². The first-order valence-electron chi connectivity index (χ1n) is 7.08. The van der Waals surface area contributed by atoms with E-state index in [4.69, 9.17) is 11.1 Å². The summed E-state index contributed by atoms with van der Waals surface area (Å²) in [4.78, 5) is 19.8. The third kappa shape index (κ3) is 3.47. The molecule has 0 fully saturated rings. The van der Waals surface area contributed by atoms with Crippen LogP contribution in [-0.4, -0.2) is 32.3 Å². The predicted molar refractivity (Wildman–Crippen MR) is 91.2 cm³/mol. The van der Waals surface area contributed by atoms with Crippen molar-refractivity contribution in [2.24, 2.45) is 5.73 Å². The number of H-pyrrole nitrogens is 1. The van der Waals surface area contributed by atoms with E-state index in [1.807, 2.05) is 0 Å². The molecule has 0 aliphatic rings. The van der Waals surface area contributed by atoms with Crippen molar-refractivity contribution in [3.63, 3.8) is 0 Å². The number of carbonyl (C=O) groups excluding carboxylic acids is 1. The second-order valence-electron chi connectivity index (χ2n) is 4.92. The number of aromatic nitrogens is 4. The highest BCUT2D eigenvalue weighted by Crippen LogP contribution is 2.22. The molecular weight excluding hydrogens is 364 g/mol. The molecule has 0 aliphatic carbocycles. The van der Waals surface area contributed by atoms with Gasteiger partial charge < -0.3 is 16.5 Å². The van der Waals surface area contributed by atoms with E-state index in [1.165, 1.54) is 16.7 Å². The van der Waals surface area contributed by atoms with Gasteiger partial charge in [0, 0.05) is 23.4 Å². The first-order chi connectivity index (χ1) is 12.5. The molecule has 0 radical (unpaired) electrons. The second kappa shape index (κ2) is 7.19. The Morgan fingerprint density at radius 3 is 2.85 bits per heavy atom. The minimum absolute atomic E-state index is 0.0750. The molecule has 0 spiro atoms. The number of allylic oxidation sites excluding steroid dienone is 1. The number of pyridine rings is 1. The van der Waals surface area contributed by atoms with Gasteiger partial charge in [0.15, 0.2) is 5.82 Å². The fraction of sp³-hybridized carbons (Fsp3) is 0. The number of amides is 1. The summed E-state index contributed by atoms with van der Waals surface area (Å²) in [5.74, 6) is -2.48. The van der Waals surface area contributed by atoms with Crippen molar-refractivity contribution >= 4 is 29.2 Å². The number of halogens is 2. The van der Waals surface area contributed by atoms with Crippen molar-refractivity contribution in [1.29, 1.82) is 5.41 Å². The monoisotopic (exact) mass is 375 g/mol. The number of thiazole rings is 1. The van der Waals surface area contributed by atoms with Crippen molar-refractivity contribution in [3.05, 3.63) is 58.8 Å². The standard InChI is InChI=1S/C15H11F2N7OS/c16-8-1-2-11(17)24-13(8)12(19)9(3-18)22-14(25)10-6-26-15(23-10)7-4-20-21-5-7/h1-6,18H,19H2,(H,20,21)(H,22,25)/b12-9+,18-3?. The Bertz CT molecular complexity index is 997. The van der Waals surface area contributed by atoms with Gasteiger partial charge in [0.05, 0.1) is 17.6 Å². The largest absolute Gasteiger partial charge is 0.395 e. The van der Waals surface area contributed by atoms with Crippen LogP contribution in [0.3, 0.4) is 0 Å². The molecule has 3 heterocycles. The minimum Gasteiger partial charge on any atom is -0.395 e. The maximum Gasteiger partial charge on any atom is 0.275 e. The van der Waals surface area contributed by atoms with E-state index in [9.17, 15) is 13.6 Å². The molecule has 0 aliphatic heterocycles. The maximum atomic E-state index is 13.8. The zero-order valence-corrected chi connectivity index (χ0v) is 13.8. The summed E-state index contributed by atoms with van der Waals surface area (Å²) < 4.78 is 27.0. The molecule has 5 N–H and O–H groups in total. The van der Waals surface area contributed by atoms with Gasteiger partial charge in [-0.15, -0.1) is 11.3 Å².